The van der Waals surface area contributed by atoms with E-state index in [1.54, 1.807) is 0 Å². The molecule has 0 rings (SSSR count). The number of aldehydes is 1. The molecule has 82 valence electrons. The second kappa shape index (κ2) is 29.3. The topological polar surface area (TPSA) is 144 Å². The van der Waals surface area contributed by atoms with E-state index in [9.17, 15) is 9.59 Å². The van der Waals surface area contributed by atoms with Gasteiger partial charge in [-0.05, 0) is 6.92 Å². The molecule has 0 aromatic rings. The SMILES string of the molecule is CC=O.NCC(=O)O.NCC(=O)O.[H-].[H-].[Na+].[Na+]. The van der Waals surface area contributed by atoms with E-state index >= 15 is 0 Å². The summed E-state index contributed by atoms with van der Waals surface area (Å²) >= 11 is 0. The van der Waals surface area contributed by atoms with Crippen molar-refractivity contribution in [3.05, 3.63) is 0 Å². The second-order valence-corrected chi connectivity index (χ2v) is 1.43. The number of rotatable bonds is 2. The molecule has 0 aliphatic heterocycles. The van der Waals surface area contributed by atoms with Gasteiger partial charge in [0.1, 0.15) is 6.29 Å². The minimum absolute atomic E-state index is 0. The molecule has 0 saturated heterocycles. The second-order valence-electron chi connectivity index (χ2n) is 1.43. The van der Waals surface area contributed by atoms with Crippen molar-refractivity contribution in [1.82, 2.24) is 0 Å². The summed E-state index contributed by atoms with van der Waals surface area (Å²) in [5, 5.41) is 15.2. The van der Waals surface area contributed by atoms with Gasteiger partial charge in [-0.2, -0.15) is 0 Å². The maximum Gasteiger partial charge on any atom is 1.00 e. The van der Waals surface area contributed by atoms with Gasteiger partial charge in [0.25, 0.3) is 0 Å². The quantitative estimate of drug-likeness (QED) is 0.278. The summed E-state index contributed by atoms with van der Waals surface area (Å²) in [6.07, 6.45) is 0.750. The largest absolute Gasteiger partial charge is 1.00 e. The van der Waals surface area contributed by atoms with E-state index in [0.717, 1.165) is 6.29 Å². The van der Waals surface area contributed by atoms with Crippen LogP contribution in [0.15, 0.2) is 0 Å². The zero-order chi connectivity index (χ0) is 11.3. The van der Waals surface area contributed by atoms with E-state index in [1.807, 2.05) is 0 Å². The third kappa shape index (κ3) is 111. The summed E-state index contributed by atoms with van der Waals surface area (Å²) in [4.78, 5) is 27.3. The predicted molar refractivity (Wildman–Crippen MR) is 47.3 cm³/mol. The monoisotopic (exact) mass is 242 g/mol. The maximum absolute atomic E-state index is 9.24. The Kier molecular flexibility index (Phi) is 57.7. The molecule has 6 N–H and O–H groups in total. The molecule has 7 nitrogen and oxygen atoms in total. The zero-order valence-electron chi connectivity index (χ0n) is 11.3. The van der Waals surface area contributed by atoms with E-state index in [0.29, 0.717) is 0 Å². The van der Waals surface area contributed by atoms with Crippen LogP contribution in [0.5, 0.6) is 0 Å². The Labute approximate surface area is 135 Å². The Bertz CT molecular complexity index is 151. The van der Waals surface area contributed by atoms with Gasteiger partial charge in [0.2, 0.25) is 0 Å². The number of nitrogens with two attached hydrogens (primary N) is 2. The Morgan fingerprint density at radius 2 is 1.20 bits per heavy atom. The van der Waals surface area contributed by atoms with Gasteiger partial charge in [0.05, 0.1) is 13.1 Å². The first kappa shape index (κ1) is 29.6. The minimum atomic E-state index is -0.968. The molecule has 0 bridgehead atoms. The molecule has 0 spiro atoms. The normalized spacial score (nSPS) is 5.80. The van der Waals surface area contributed by atoms with Crippen molar-refractivity contribution in [2.24, 2.45) is 11.5 Å². The fourth-order valence-electron chi connectivity index (χ4n) is 0. The minimum Gasteiger partial charge on any atom is -1.00 e. The number of carboxylic acids is 2. The molecule has 0 fully saturated rings. The zero-order valence-corrected chi connectivity index (χ0v) is 13.3. The van der Waals surface area contributed by atoms with Crippen LogP contribution in [0.3, 0.4) is 0 Å². The van der Waals surface area contributed by atoms with Gasteiger partial charge in [0.15, 0.2) is 0 Å². The average molecular weight is 242 g/mol. The molecule has 0 heterocycles. The number of hydrogen-bond donors (Lipinski definition) is 4. The maximum atomic E-state index is 9.24. The van der Waals surface area contributed by atoms with Crippen molar-refractivity contribution >= 4 is 18.2 Å². The first-order chi connectivity index (χ1) is 5.95. The van der Waals surface area contributed by atoms with Gasteiger partial charge in [0, 0.05) is 0 Å². The fraction of sp³-hybridized carbons (Fsp3) is 0.500. The Morgan fingerprint density at radius 1 is 1.13 bits per heavy atom. The summed E-state index contributed by atoms with van der Waals surface area (Å²) in [7, 11) is 0. The molecule has 15 heavy (non-hydrogen) atoms. The van der Waals surface area contributed by atoms with Crippen molar-refractivity contribution in [2.75, 3.05) is 13.1 Å². The van der Waals surface area contributed by atoms with E-state index < -0.39 is 11.9 Å². The van der Waals surface area contributed by atoms with Gasteiger partial charge in [-0.25, -0.2) is 0 Å². The predicted octanol–water partition coefficient (Wildman–Crippen LogP) is -7.50. The average Bonchev–Trinajstić information content (AvgIpc) is 2.07. The smallest absolute Gasteiger partial charge is 1.00 e. The molecular weight excluding hydrogens is 226 g/mol. The molecule has 0 radical (unpaired) electrons. The van der Waals surface area contributed by atoms with E-state index in [4.69, 9.17) is 15.0 Å². The van der Waals surface area contributed by atoms with Gasteiger partial charge in [-0.1, -0.05) is 0 Å². The molecule has 0 atom stereocenters. The summed E-state index contributed by atoms with van der Waals surface area (Å²) < 4.78 is 0. The van der Waals surface area contributed by atoms with Gasteiger partial charge < -0.3 is 29.3 Å². The van der Waals surface area contributed by atoms with Crippen LogP contribution < -0.4 is 70.6 Å². The number of carbonyl (C=O) groups excluding carboxylic acids is 1. The third-order valence-corrected chi connectivity index (χ3v) is 0.349. The van der Waals surface area contributed by atoms with Crippen LogP contribution in [0, 0.1) is 0 Å². The molecule has 0 saturated carbocycles. The van der Waals surface area contributed by atoms with E-state index in [2.05, 4.69) is 11.5 Å². The van der Waals surface area contributed by atoms with Gasteiger partial charge in [-0.15, -0.1) is 0 Å². The van der Waals surface area contributed by atoms with Crippen molar-refractivity contribution in [2.45, 2.75) is 6.92 Å². The van der Waals surface area contributed by atoms with Crippen LogP contribution in [0.2, 0.25) is 0 Å². The summed E-state index contributed by atoms with van der Waals surface area (Å²) in [6.45, 7) is 0.889. The Morgan fingerprint density at radius 3 is 1.20 bits per heavy atom. The van der Waals surface area contributed by atoms with Crippen molar-refractivity contribution < 1.29 is 86.6 Å². The molecular formula is C6H16N2Na2O5. The first-order valence-corrected chi connectivity index (χ1v) is 3.19. The molecule has 0 aromatic carbocycles. The number of carboxylic acid groups (broad SMARTS) is 2. The number of aliphatic carboxylic acids is 2. The van der Waals surface area contributed by atoms with Crippen LogP contribution in [0.1, 0.15) is 9.78 Å². The Balaban J connectivity index is -0.0000000162. The molecule has 0 unspecified atom stereocenters. The first-order valence-electron chi connectivity index (χ1n) is 3.19. The van der Waals surface area contributed by atoms with Crippen molar-refractivity contribution in [3.8, 4) is 0 Å². The molecule has 0 amide bonds. The third-order valence-electron chi connectivity index (χ3n) is 0.349. The molecule has 0 aromatic heterocycles. The van der Waals surface area contributed by atoms with Crippen LogP contribution in [-0.4, -0.2) is 41.5 Å². The number of hydrogen-bond acceptors (Lipinski definition) is 5. The standard InChI is InChI=1S/2C2H5NO2.C2H4O.2Na.2H/c2*3-1-2(4)5;1-2-3;;;;/h2*1,3H2,(H,4,5);2H,1H3;;;;/q;;;2*+1;2*-1. The van der Waals surface area contributed by atoms with Gasteiger partial charge in [-0.3, -0.25) is 9.59 Å². The van der Waals surface area contributed by atoms with Gasteiger partial charge >= 0.3 is 71.1 Å². The summed E-state index contributed by atoms with van der Waals surface area (Å²) in [6, 6.07) is 0. The number of carbonyl (C=O) groups is 3. The van der Waals surface area contributed by atoms with Crippen LogP contribution in [0.4, 0.5) is 0 Å². The van der Waals surface area contributed by atoms with Crippen molar-refractivity contribution in [3.63, 3.8) is 0 Å². The Hall–Kier alpha value is 0.530. The molecule has 0 aliphatic rings. The van der Waals surface area contributed by atoms with Crippen LogP contribution in [-0.2, 0) is 14.4 Å². The fourth-order valence-corrected chi connectivity index (χ4v) is 0. The summed E-state index contributed by atoms with van der Waals surface area (Å²) in [5.41, 5.74) is 9.14. The molecule has 0 aliphatic carbocycles. The van der Waals surface area contributed by atoms with Crippen molar-refractivity contribution in [1.29, 1.82) is 0 Å². The van der Waals surface area contributed by atoms with E-state index in [1.165, 1.54) is 6.92 Å². The van der Waals surface area contributed by atoms with E-state index in [-0.39, 0.29) is 75.1 Å². The van der Waals surface area contributed by atoms with Crippen LogP contribution in [0.25, 0.3) is 0 Å². The summed E-state index contributed by atoms with van der Waals surface area (Å²) in [5.74, 6) is -1.94. The molecule has 9 heteroatoms. The van der Waals surface area contributed by atoms with Crippen LogP contribution >= 0.6 is 0 Å².